The van der Waals surface area contributed by atoms with Gasteiger partial charge in [-0.3, -0.25) is 9.59 Å². The number of nitrogens with one attached hydrogen (secondary N) is 1. The molecule has 6 heteroatoms. The van der Waals surface area contributed by atoms with Crippen LogP contribution in [0.5, 0.6) is 0 Å². The zero-order valence-corrected chi connectivity index (χ0v) is 10.6. The van der Waals surface area contributed by atoms with Crippen LogP contribution in [0.15, 0.2) is 24.3 Å². The first-order valence-electron chi connectivity index (χ1n) is 4.81. The Balaban J connectivity index is 2.57. The molecule has 17 heavy (non-hydrogen) atoms. The number of hydrogen-bond donors (Lipinski definition) is 1. The molecular weight excluding hydrogens is 265 g/mol. The predicted octanol–water partition coefficient (Wildman–Crippen LogP) is 1.85. The van der Waals surface area contributed by atoms with Gasteiger partial charge in [-0.25, -0.2) is 0 Å². The Bertz CT molecular complexity index is 423. The summed E-state index contributed by atoms with van der Waals surface area (Å²) in [6.45, 7) is -0.0156. The topological polar surface area (TPSA) is 55.4 Å². The molecule has 0 heterocycles. The Kier molecular flexibility index (Phi) is 5.25. The van der Waals surface area contributed by atoms with Crippen molar-refractivity contribution in [2.24, 2.45) is 0 Å². The lowest BCUT2D eigenvalue weighted by molar-refractivity contribution is -0.140. The Labute approximate surface area is 109 Å². The molecule has 0 radical (unpaired) electrons. The molecule has 4 nitrogen and oxygen atoms in total. The van der Waals surface area contributed by atoms with Gasteiger partial charge in [0.15, 0.2) is 0 Å². The lowest BCUT2D eigenvalue weighted by atomic mass is 10.2. The van der Waals surface area contributed by atoms with Crippen LogP contribution in [0.2, 0.25) is 5.02 Å². The SMILES string of the molecule is COC(=O)C(Cl)CNC(=O)c1ccccc1Cl. The number of carbonyl (C=O) groups is 2. The maximum atomic E-state index is 11.7. The molecule has 0 saturated carbocycles. The zero-order chi connectivity index (χ0) is 12.8. The average molecular weight is 276 g/mol. The van der Waals surface area contributed by atoms with Gasteiger partial charge in [0.05, 0.1) is 17.7 Å². The van der Waals surface area contributed by atoms with Gasteiger partial charge < -0.3 is 10.1 Å². The van der Waals surface area contributed by atoms with E-state index >= 15 is 0 Å². The Morgan fingerprint density at radius 3 is 2.65 bits per heavy atom. The number of benzene rings is 1. The monoisotopic (exact) mass is 275 g/mol. The van der Waals surface area contributed by atoms with Crippen LogP contribution in [0.4, 0.5) is 0 Å². The van der Waals surface area contributed by atoms with Gasteiger partial charge in [-0.2, -0.15) is 0 Å². The highest BCUT2D eigenvalue weighted by Crippen LogP contribution is 2.14. The third kappa shape index (κ3) is 3.91. The number of alkyl halides is 1. The van der Waals surface area contributed by atoms with Crippen molar-refractivity contribution in [2.45, 2.75) is 5.38 Å². The van der Waals surface area contributed by atoms with Crippen LogP contribution in [-0.2, 0) is 9.53 Å². The molecular formula is C11H11Cl2NO3. The van der Waals surface area contributed by atoms with E-state index in [2.05, 4.69) is 10.1 Å². The molecule has 0 bridgehead atoms. The van der Waals surface area contributed by atoms with E-state index < -0.39 is 11.3 Å². The van der Waals surface area contributed by atoms with Gasteiger partial charge in [0.1, 0.15) is 5.38 Å². The van der Waals surface area contributed by atoms with Gasteiger partial charge in [-0.1, -0.05) is 23.7 Å². The van der Waals surface area contributed by atoms with Crippen LogP contribution in [0.3, 0.4) is 0 Å². The van der Waals surface area contributed by atoms with E-state index in [1.54, 1.807) is 24.3 Å². The zero-order valence-electron chi connectivity index (χ0n) is 9.07. The summed E-state index contributed by atoms with van der Waals surface area (Å²) in [6, 6.07) is 6.60. The second-order valence-corrected chi connectivity index (χ2v) is 4.11. The third-order valence-electron chi connectivity index (χ3n) is 2.02. The molecule has 1 atom stereocenters. The van der Waals surface area contributed by atoms with Gasteiger partial charge in [-0.05, 0) is 12.1 Å². The molecule has 1 rings (SSSR count). The second-order valence-electron chi connectivity index (χ2n) is 3.18. The number of methoxy groups -OCH3 is 1. The fourth-order valence-corrected chi connectivity index (χ4v) is 1.52. The van der Waals surface area contributed by atoms with Crippen LogP contribution in [0.1, 0.15) is 10.4 Å². The first-order chi connectivity index (χ1) is 8.06. The average Bonchev–Trinajstić information content (AvgIpc) is 2.35. The van der Waals surface area contributed by atoms with E-state index in [1.165, 1.54) is 7.11 Å². The molecule has 1 aromatic carbocycles. The molecule has 1 aromatic rings. The maximum absolute atomic E-state index is 11.7. The number of ether oxygens (including phenoxy) is 1. The quantitative estimate of drug-likeness (QED) is 0.674. The Hall–Kier alpha value is -1.26. The molecule has 1 N–H and O–H groups in total. The van der Waals surface area contributed by atoms with Gasteiger partial charge >= 0.3 is 5.97 Å². The van der Waals surface area contributed by atoms with E-state index in [9.17, 15) is 9.59 Å². The van der Waals surface area contributed by atoms with E-state index in [0.29, 0.717) is 10.6 Å². The standard InChI is InChI=1S/C11H11Cl2NO3/c1-17-11(16)9(13)6-14-10(15)7-4-2-3-5-8(7)12/h2-5,9H,6H2,1H3,(H,14,15). The molecule has 1 amide bonds. The number of rotatable bonds is 4. The van der Waals surface area contributed by atoms with E-state index in [0.717, 1.165) is 0 Å². The van der Waals surface area contributed by atoms with Gasteiger partial charge in [0.2, 0.25) is 0 Å². The van der Waals surface area contributed by atoms with Crippen molar-refractivity contribution < 1.29 is 14.3 Å². The first kappa shape index (κ1) is 13.8. The summed E-state index contributed by atoms with van der Waals surface area (Å²) >= 11 is 11.5. The molecule has 0 aliphatic heterocycles. The summed E-state index contributed by atoms with van der Waals surface area (Å²) in [5.74, 6) is -0.976. The summed E-state index contributed by atoms with van der Waals surface area (Å²) < 4.78 is 4.43. The summed E-state index contributed by atoms with van der Waals surface area (Å²) in [4.78, 5) is 22.7. The number of esters is 1. The summed E-state index contributed by atoms with van der Waals surface area (Å²) in [5.41, 5.74) is 0.336. The minimum Gasteiger partial charge on any atom is -0.468 e. The smallest absolute Gasteiger partial charge is 0.325 e. The van der Waals surface area contributed by atoms with Crippen LogP contribution < -0.4 is 5.32 Å². The number of carbonyl (C=O) groups excluding carboxylic acids is 2. The van der Waals surface area contributed by atoms with Gasteiger partial charge in [-0.15, -0.1) is 11.6 Å². The van der Waals surface area contributed by atoms with Crippen molar-refractivity contribution in [2.75, 3.05) is 13.7 Å². The lowest BCUT2D eigenvalue weighted by Crippen LogP contribution is -2.34. The Morgan fingerprint density at radius 1 is 1.41 bits per heavy atom. The highest BCUT2D eigenvalue weighted by atomic mass is 35.5. The fraction of sp³-hybridized carbons (Fsp3) is 0.273. The molecule has 0 aliphatic carbocycles. The number of hydrogen-bond acceptors (Lipinski definition) is 3. The first-order valence-corrected chi connectivity index (χ1v) is 5.62. The van der Waals surface area contributed by atoms with Crippen molar-refractivity contribution in [3.05, 3.63) is 34.9 Å². The van der Waals surface area contributed by atoms with Crippen molar-refractivity contribution in [1.82, 2.24) is 5.32 Å². The largest absolute Gasteiger partial charge is 0.468 e. The van der Waals surface area contributed by atoms with E-state index in [-0.39, 0.29) is 12.5 Å². The summed E-state index contributed by atoms with van der Waals surface area (Å²) in [7, 11) is 1.23. The number of halogens is 2. The molecule has 1 unspecified atom stereocenters. The molecule has 0 spiro atoms. The minimum atomic E-state index is -0.911. The highest BCUT2D eigenvalue weighted by molar-refractivity contribution is 6.34. The molecule has 0 saturated heterocycles. The fourth-order valence-electron chi connectivity index (χ4n) is 1.13. The van der Waals surface area contributed by atoms with E-state index in [4.69, 9.17) is 23.2 Å². The molecule has 0 aliphatic rings. The highest BCUT2D eigenvalue weighted by Gasteiger charge is 2.17. The lowest BCUT2D eigenvalue weighted by Gasteiger charge is -2.09. The second kappa shape index (κ2) is 6.47. The van der Waals surface area contributed by atoms with E-state index in [1.807, 2.05) is 0 Å². The van der Waals surface area contributed by atoms with Crippen LogP contribution >= 0.6 is 23.2 Å². The third-order valence-corrected chi connectivity index (χ3v) is 2.68. The maximum Gasteiger partial charge on any atom is 0.325 e. The molecule has 0 aromatic heterocycles. The summed E-state index contributed by atoms with van der Waals surface area (Å²) in [5, 5.41) is 1.93. The van der Waals surface area contributed by atoms with Crippen molar-refractivity contribution in [1.29, 1.82) is 0 Å². The van der Waals surface area contributed by atoms with Crippen molar-refractivity contribution in [3.8, 4) is 0 Å². The van der Waals surface area contributed by atoms with Gasteiger partial charge in [0.25, 0.3) is 5.91 Å². The predicted molar refractivity (Wildman–Crippen MR) is 65.4 cm³/mol. The van der Waals surface area contributed by atoms with Gasteiger partial charge in [0, 0.05) is 6.54 Å². The summed E-state index contributed by atoms with van der Waals surface area (Å²) in [6.07, 6.45) is 0. The van der Waals surface area contributed by atoms with Crippen LogP contribution in [0.25, 0.3) is 0 Å². The molecule has 92 valence electrons. The number of amides is 1. The van der Waals surface area contributed by atoms with Crippen molar-refractivity contribution in [3.63, 3.8) is 0 Å². The normalized spacial score (nSPS) is 11.7. The molecule has 0 fully saturated rings. The Morgan fingerprint density at radius 2 is 2.06 bits per heavy atom. The van der Waals surface area contributed by atoms with Crippen molar-refractivity contribution >= 4 is 35.1 Å². The minimum absolute atomic E-state index is 0.0156. The van der Waals surface area contributed by atoms with Crippen LogP contribution in [-0.4, -0.2) is 30.9 Å². The van der Waals surface area contributed by atoms with Crippen LogP contribution in [0, 0.1) is 0 Å².